The standard InChI is InChI=1S/C23H15Cl3F10N2O2/c1-38(37-18(39)4-5-21(28,29)30)20(40)12-3-2-10(6-14(12)23(34,35)36)17(27)9-13(22(31,32)33)11-7-15(24)19(26)16(25)8-11/h2-3,6-9,13H,4-5H2,1H3,(H,37,39)/b17-9-. The molecule has 0 bridgehead atoms. The predicted molar refractivity (Wildman–Crippen MR) is 126 cm³/mol. The highest BCUT2D eigenvalue weighted by molar-refractivity contribution is 6.48. The maximum atomic E-state index is 15.0. The highest BCUT2D eigenvalue weighted by atomic mass is 35.5. The van der Waals surface area contributed by atoms with Crippen LogP contribution in [0.5, 0.6) is 0 Å². The summed E-state index contributed by atoms with van der Waals surface area (Å²) in [5, 5.41) is -0.898. The fourth-order valence-electron chi connectivity index (χ4n) is 3.22. The summed E-state index contributed by atoms with van der Waals surface area (Å²) in [6, 6.07) is 2.57. The van der Waals surface area contributed by atoms with Crippen molar-refractivity contribution >= 4 is 52.4 Å². The maximum absolute atomic E-state index is 15.0. The summed E-state index contributed by atoms with van der Waals surface area (Å²) in [6.45, 7) is 0. The molecule has 220 valence electrons. The molecule has 0 aliphatic carbocycles. The number of amides is 2. The van der Waals surface area contributed by atoms with Crippen LogP contribution in [0.4, 0.5) is 43.9 Å². The Hall–Kier alpha value is -2.71. The van der Waals surface area contributed by atoms with Gasteiger partial charge >= 0.3 is 18.5 Å². The van der Waals surface area contributed by atoms with Crippen molar-refractivity contribution in [3.63, 3.8) is 0 Å². The zero-order valence-electron chi connectivity index (χ0n) is 19.6. The molecule has 0 radical (unpaired) electrons. The van der Waals surface area contributed by atoms with Crippen LogP contribution in [0, 0.1) is 0 Å². The molecule has 0 fully saturated rings. The summed E-state index contributed by atoms with van der Waals surface area (Å²) < 4.78 is 134. The zero-order chi connectivity index (χ0) is 30.8. The number of nitrogens with zero attached hydrogens (tertiary/aromatic N) is 1. The maximum Gasteiger partial charge on any atom is 0.417 e. The fraction of sp³-hybridized carbons (Fsp3) is 0.304. The number of carbonyl (C=O) groups excluding carboxylic acids is 2. The van der Waals surface area contributed by atoms with Gasteiger partial charge in [0.1, 0.15) is 11.7 Å². The van der Waals surface area contributed by atoms with Gasteiger partial charge < -0.3 is 0 Å². The monoisotopic (exact) mass is 646 g/mol. The predicted octanol–water partition coefficient (Wildman–Crippen LogP) is 8.77. The van der Waals surface area contributed by atoms with Gasteiger partial charge in [0.05, 0.1) is 32.6 Å². The highest BCUT2D eigenvalue weighted by Crippen LogP contribution is 2.43. The fourth-order valence-corrected chi connectivity index (χ4v) is 3.83. The van der Waals surface area contributed by atoms with Gasteiger partial charge in [0.25, 0.3) is 5.91 Å². The van der Waals surface area contributed by atoms with Crippen molar-refractivity contribution < 1.29 is 53.5 Å². The number of carbonyl (C=O) groups is 2. The molecule has 2 aromatic carbocycles. The lowest BCUT2D eigenvalue weighted by Crippen LogP contribution is -2.44. The summed E-state index contributed by atoms with van der Waals surface area (Å²) in [4.78, 5) is 24.1. The van der Waals surface area contributed by atoms with Gasteiger partial charge in [-0.2, -0.15) is 39.5 Å². The van der Waals surface area contributed by atoms with E-state index in [9.17, 15) is 53.5 Å². The Morgan fingerprint density at radius 3 is 1.98 bits per heavy atom. The molecule has 0 aromatic heterocycles. The molecule has 0 saturated heterocycles. The molecule has 0 saturated carbocycles. The van der Waals surface area contributed by atoms with Crippen molar-refractivity contribution in [2.75, 3.05) is 7.05 Å². The van der Waals surface area contributed by atoms with Gasteiger partial charge in [-0.1, -0.05) is 40.9 Å². The van der Waals surface area contributed by atoms with Gasteiger partial charge in [0.15, 0.2) is 0 Å². The van der Waals surface area contributed by atoms with Crippen LogP contribution in [0.2, 0.25) is 15.1 Å². The molecule has 1 unspecified atom stereocenters. The van der Waals surface area contributed by atoms with E-state index in [2.05, 4.69) is 0 Å². The van der Waals surface area contributed by atoms with Crippen molar-refractivity contribution in [1.29, 1.82) is 0 Å². The van der Waals surface area contributed by atoms with Crippen LogP contribution < -0.4 is 5.43 Å². The van der Waals surface area contributed by atoms with Crippen LogP contribution >= 0.6 is 34.8 Å². The second kappa shape index (κ2) is 12.4. The van der Waals surface area contributed by atoms with Gasteiger partial charge in [-0.25, -0.2) is 4.39 Å². The van der Waals surface area contributed by atoms with E-state index in [1.54, 1.807) is 5.43 Å². The number of benzene rings is 2. The summed E-state index contributed by atoms with van der Waals surface area (Å²) in [7, 11) is 0.749. The first kappa shape index (κ1) is 33.5. The van der Waals surface area contributed by atoms with Crippen LogP contribution in [-0.2, 0) is 11.0 Å². The van der Waals surface area contributed by atoms with Crippen molar-refractivity contribution in [3.05, 3.63) is 73.7 Å². The molecule has 40 heavy (non-hydrogen) atoms. The van der Waals surface area contributed by atoms with Crippen molar-refractivity contribution in [3.8, 4) is 0 Å². The molecule has 4 nitrogen and oxygen atoms in total. The average Bonchev–Trinajstić information content (AvgIpc) is 2.81. The van der Waals surface area contributed by atoms with Crippen molar-refractivity contribution in [2.24, 2.45) is 0 Å². The van der Waals surface area contributed by atoms with Crippen LogP contribution in [0.1, 0.15) is 45.8 Å². The van der Waals surface area contributed by atoms with E-state index < -0.39 is 87.2 Å². The largest absolute Gasteiger partial charge is 0.417 e. The molecular formula is C23H15Cl3F10N2O2. The minimum atomic E-state index is -5.34. The summed E-state index contributed by atoms with van der Waals surface area (Å²) in [5.41, 5.74) is -2.97. The van der Waals surface area contributed by atoms with Crippen LogP contribution in [0.15, 0.2) is 36.4 Å². The molecule has 0 spiro atoms. The summed E-state index contributed by atoms with van der Waals surface area (Å²) in [6.07, 6.45) is -17.9. The first-order valence-electron chi connectivity index (χ1n) is 10.6. The lowest BCUT2D eigenvalue weighted by atomic mass is 9.95. The van der Waals surface area contributed by atoms with Gasteiger partial charge in [0.2, 0.25) is 5.91 Å². The topological polar surface area (TPSA) is 49.4 Å². The zero-order valence-corrected chi connectivity index (χ0v) is 21.9. The van der Waals surface area contributed by atoms with Crippen LogP contribution in [0.3, 0.4) is 0 Å². The molecule has 1 N–H and O–H groups in total. The van der Waals surface area contributed by atoms with E-state index in [1.165, 1.54) is 0 Å². The third-order valence-corrected chi connectivity index (χ3v) is 6.29. The van der Waals surface area contributed by atoms with E-state index in [0.29, 0.717) is 12.1 Å². The molecule has 2 rings (SSSR count). The second-order valence-electron chi connectivity index (χ2n) is 8.10. The molecular weight excluding hydrogens is 633 g/mol. The number of allylic oxidation sites excluding steroid dienone is 1. The SMILES string of the molecule is CN(NC(=O)CCC(F)(F)F)C(=O)c1ccc(/C(F)=C/C(c2cc(Cl)c(Cl)c(Cl)c2)C(F)(F)F)cc1C(F)(F)F. The molecule has 1 atom stereocenters. The van der Waals surface area contributed by atoms with Crippen molar-refractivity contribution in [1.82, 2.24) is 10.4 Å². The molecule has 2 amide bonds. The Labute approximate surface area is 234 Å². The Kier molecular flexibility index (Phi) is 10.4. The Morgan fingerprint density at radius 1 is 0.950 bits per heavy atom. The van der Waals surface area contributed by atoms with Crippen LogP contribution in [-0.4, -0.2) is 36.2 Å². The van der Waals surface area contributed by atoms with Crippen molar-refractivity contribution in [2.45, 2.75) is 37.3 Å². The minimum Gasteiger partial charge on any atom is -0.273 e. The third kappa shape index (κ3) is 8.90. The molecule has 0 heterocycles. The Bertz CT molecular complexity index is 1280. The summed E-state index contributed by atoms with van der Waals surface area (Å²) >= 11 is 17.2. The number of nitrogens with one attached hydrogen (secondary N) is 1. The molecule has 0 aliphatic heterocycles. The quantitative estimate of drug-likeness (QED) is 0.194. The first-order chi connectivity index (χ1) is 18.1. The third-order valence-electron chi connectivity index (χ3n) is 5.09. The number of hydrazine groups is 1. The van der Waals surface area contributed by atoms with Gasteiger partial charge in [-0.05, 0) is 35.9 Å². The lowest BCUT2D eigenvalue weighted by molar-refractivity contribution is -0.145. The van der Waals surface area contributed by atoms with Gasteiger partial charge in [-0.3, -0.25) is 20.0 Å². The van der Waals surface area contributed by atoms with Crippen LogP contribution in [0.25, 0.3) is 5.83 Å². The molecule has 0 aliphatic rings. The Morgan fingerprint density at radius 2 is 1.50 bits per heavy atom. The van der Waals surface area contributed by atoms with E-state index in [1.807, 2.05) is 0 Å². The number of hydrogen-bond donors (Lipinski definition) is 1. The number of alkyl halides is 9. The number of hydrogen-bond acceptors (Lipinski definition) is 2. The Balaban J connectivity index is 2.47. The normalized spacial score (nSPS) is 13.7. The molecule has 2 aromatic rings. The number of rotatable bonds is 6. The first-order valence-corrected chi connectivity index (χ1v) is 11.7. The minimum absolute atomic E-state index is 0.0279. The summed E-state index contributed by atoms with van der Waals surface area (Å²) in [5.74, 6) is -7.38. The second-order valence-corrected chi connectivity index (χ2v) is 9.30. The highest BCUT2D eigenvalue weighted by Gasteiger charge is 2.41. The van der Waals surface area contributed by atoms with E-state index in [4.69, 9.17) is 34.8 Å². The lowest BCUT2D eigenvalue weighted by Gasteiger charge is -2.21. The van der Waals surface area contributed by atoms with E-state index in [0.717, 1.165) is 19.2 Å². The van der Waals surface area contributed by atoms with Gasteiger partial charge in [-0.15, -0.1) is 0 Å². The molecule has 17 heteroatoms. The van der Waals surface area contributed by atoms with Gasteiger partial charge in [0, 0.05) is 19.0 Å². The number of halogens is 13. The van der Waals surface area contributed by atoms with E-state index in [-0.39, 0.29) is 22.2 Å². The average molecular weight is 648 g/mol. The smallest absolute Gasteiger partial charge is 0.273 e. The van der Waals surface area contributed by atoms with E-state index >= 15 is 0 Å².